The summed E-state index contributed by atoms with van der Waals surface area (Å²) in [4.78, 5) is 11.7. The van der Waals surface area contributed by atoms with E-state index in [2.05, 4.69) is 16.7 Å². The van der Waals surface area contributed by atoms with E-state index in [1.165, 1.54) is 5.56 Å². The fraction of sp³-hybridized carbons (Fsp3) is 0.278. The van der Waals surface area contributed by atoms with Crippen LogP contribution >= 0.6 is 11.6 Å². The van der Waals surface area contributed by atoms with Crippen molar-refractivity contribution in [3.05, 3.63) is 64.2 Å². The molecule has 0 saturated heterocycles. The number of hydrogen-bond donors (Lipinski definition) is 2. The van der Waals surface area contributed by atoms with Gasteiger partial charge in [-0.15, -0.1) is 0 Å². The van der Waals surface area contributed by atoms with Crippen LogP contribution in [0.4, 0.5) is 4.79 Å². The molecule has 0 bridgehead atoms. The van der Waals surface area contributed by atoms with Crippen LogP contribution in [0.1, 0.15) is 16.7 Å². The van der Waals surface area contributed by atoms with Crippen LogP contribution in [0, 0.1) is 13.8 Å². The highest BCUT2D eigenvalue weighted by Gasteiger charge is 2.02. The van der Waals surface area contributed by atoms with Crippen molar-refractivity contribution in [1.29, 1.82) is 0 Å². The van der Waals surface area contributed by atoms with Gasteiger partial charge < -0.3 is 15.4 Å². The molecule has 0 spiro atoms. The lowest BCUT2D eigenvalue weighted by Crippen LogP contribution is -2.37. The fourth-order valence-electron chi connectivity index (χ4n) is 2.13. The summed E-state index contributed by atoms with van der Waals surface area (Å²) >= 11 is 5.82. The number of amides is 2. The summed E-state index contributed by atoms with van der Waals surface area (Å²) < 4.78 is 5.66. The van der Waals surface area contributed by atoms with Crippen LogP contribution in [0.3, 0.4) is 0 Å². The molecule has 2 amide bonds. The smallest absolute Gasteiger partial charge is 0.315 e. The van der Waals surface area contributed by atoms with Gasteiger partial charge in [-0.05, 0) is 43.2 Å². The second-order valence-corrected chi connectivity index (χ2v) is 5.79. The van der Waals surface area contributed by atoms with Gasteiger partial charge in [0, 0.05) is 11.6 Å². The Labute approximate surface area is 141 Å². The third-order valence-corrected chi connectivity index (χ3v) is 3.59. The minimum atomic E-state index is -0.218. The molecule has 0 aliphatic rings. The fourth-order valence-corrected chi connectivity index (χ4v) is 2.26. The highest BCUT2D eigenvalue weighted by Crippen LogP contribution is 2.18. The highest BCUT2D eigenvalue weighted by atomic mass is 35.5. The van der Waals surface area contributed by atoms with E-state index < -0.39 is 0 Å². The molecule has 0 fully saturated rings. The summed E-state index contributed by atoms with van der Waals surface area (Å²) in [6, 6.07) is 13.2. The number of nitrogens with one attached hydrogen (secondary N) is 2. The van der Waals surface area contributed by atoms with Gasteiger partial charge in [0.15, 0.2) is 0 Å². The average molecular weight is 333 g/mol. The Kier molecular flexibility index (Phi) is 6.29. The molecule has 0 saturated carbocycles. The van der Waals surface area contributed by atoms with Gasteiger partial charge in [0.25, 0.3) is 0 Å². The molecule has 0 aliphatic carbocycles. The van der Waals surface area contributed by atoms with Gasteiger partial charge in [-0.25, -0.2) is 4.79 Å². The molecule has 0 radical (unpaired) electrons. The van der Waals surface area contributed by atoms with E-state index in [0.717, 1.165) is 16.9 Å². The Morgan fingerprint density at radius 2 is 1.83 bits per heavy atom. The Morgan fingerprint density at radius 1 is 1.09 bits per heavy atom. The quantitative estimate of drug-likeness (QED) is 0.790. The lowest BCUT2D eigenvalue weighted by Gasteiger charge is -2.11. The average Bonchev–Trinajstić information content (AvgIpc) is 2.52. The molecule has 122 valence electrons. The predicted octanol–water partition coefficient (Wildman–Crippen LogP) is 3.84. The SMILES string of the molecule is Cc1ccc(OCCNC(=O)NCc2ccc(Cl)cc2)c(C)c1. The minimum absolute atomic E-state index is 0.218. The normalized spacial score (nSPS) is 10.2. The van der Waals surface area contributed by atoms with Crippen molar-refractivity contribution in [3.8, 4) is 5.75 Å². The molecule has 2 rings (SSSR count). The summed E-state index contributed by atoms with van der Waals surface area (Å²) in [6.45, 7) is 5.39. The van der Waals surface area contributed by atoms with Crippen molar-refractivity contribution in [2.75, 3.05) is 13.2 Å². The first-order valence-corrected chi connectivity index (χ1v) is 7.88. The summed E-state index contributed by atoms with van der Waals surface area (Å²) in [5.41, 5.74) is 3.29. The van der Waals surface area contributed by atoms with Crippen molar-refractivity contribution in [2.45, 2.75) is 20.4 Å². The van der Waals surface area contributed by atoms with Crippen molar-refractivity contribution in [1.82, 2.24) is 10.6 Å². The molecule has 2 N–H and O–H groups in total. The lowest BCUT2D eigenvalue weighted by molar-refractivity contribution is 0.236. The van der Waals surface area contributed by atoms with E-state index in [1.54, 1.807) is 12.1 Å². The van der Waals surface area contributed by atoms with Crippen LogP contribution < -0.4 is 15.4 Å². The van der Waals surface area contributed by atoms with Crippen molar-refractivity contribution >= 4 is 17.6 Å². The Hall–Kier alpha value is -2.20. The topological polar surface area (TPSA) is 50.4 Å². The number of hydrogen-bond acceptors (Lipinski definition) is 2. The molecule has 0 aliphatic heterocycles. The maximum atomic E-state index is 11.7. The molecule has 5 heteroatoms. The number of carbonyl (C=O) groups excluding carboxylic acids is 1. The summed E-state index contributed by atoms with van der Waals surface area (Å²) in [7, 11) is 0. The summed E-state index contributed by atoms with van der Waals surface area (Å²) in [5.74, 6) is 0.846. The maximum Gasteiger partial charge on any atom is 0.315 e. The standard InChI is InChI=1S/C18H21ClN2O2/c1-13-3-8-17(14(2)11-13)23-10-9-20-18(22)21-12-15-4-6-16(19)7-5-15/h3-8,11H,9-10,12H2,1-2H3,(H2,20,21,22). The van der Waals surface area contributed by atoms with Crippen LogP contribution in [0.15, 0.2) is 42.5 Å². The number of carbonyl (C=O) groups is 1. The monoisotopic (exact) mass is 332 g/mol. The van der Waals surface area contributed by atoms with Crippen LogP contribution in [0.25, 0.3) is 0 Å². The number of halogens is 1. The van der Waals surface area contributed by atoms with Gasteiger partial charge in [0.05, 0.1) is 6.54 Å². The summed E-state index contributed by atoms with van der Waals surface area (Å²) in [6.07, 6.45) is 0. The maximum absolute atomic E-state index is 11.7. The first kappa shape index (κ1) is 17.2. The van der Waals surface area contributed by atoms with Crippen molar-refractivity contribution in [2.24, 2.45) is 0 Å². The lowest BCUT2D eigenvalue weighted by atomic mass is 10.1. The second kappa shape index (κ2) is 8.44. The van der Waals surface area contributed by atoms with E-state index in [0.29, 0.717) is 24.7 Å². The van der Waals surface area contributed by atoms with E-state index in [-0.39, 0.29) is 6.03 Å². The molecular weight excluding hydrogens is 312 g/mol. The molecule has 2 aromatic rings. The molecule has 0 heterocycles. The highest BCUT2D eigenvalue weighted by molar-refractivity contribution is 6.30. The molecule has 0 unspecified atom stereocenters. The van der Waals surface area contributed by atoms with Gasteiger partial charge >= 0.3 is 6.03 Å². The van der Waals surface area contributed by atoms with Crippen molar-refractivity contribution < 1.29 is 9.53 Å². The molecule has 4 nitrogen and oxygen atoms in total. The van der Waals surface area contributed by atoms with Crippen LogP contribution in [0.2, 0.25) is 5.02 Å². The van der Waals surface area contributed by atoms with Crippen LogP contribution in [-0.4, -0.2) is 19.2 Å². The third kappa shape index (κ3) is 5.83. The summed E-state index contributed by atoms with van der Waals surface area (Å²) in [5, 5.41) is 6.23. The second-order valence-electron chi connectivity index (χ2n) is 5.35. The first-order chi connectivity index (χ1) is 11.0. The zero-order valence-corrected chi connectivity index (χ0v) is 14.1. The van der Waals surface area contributed by atoms with Gasteiger partial charge in [0.1, 0.15) is 12.4 Å². The largest absolute Gasteiger partial charge is 0.491 e. The number of urea groups is 1. The zero-order valence-electron chi connectivity index (χ0n) is 13.4. The van der Waals surface area contributed by atoms with E-state index in [4.69, 9.17) is 16.3 Å². The predicted molar refractivity (Wildman–Crippen MR) is 93.1 cm³/mol. The number of rotatable bonds is 6. The van der Waals surface area contributed by atoms with E-state index >= 15 is 0 Å². The van der Waals surface area contributed by atoms with Gasteiger partial charge in [0.2, 0.25) is 0 Å². The van der Waals surface area contributed by atoms with Crippen LogP contribution in [-0.2, 0) is 6.54 Å². The number of ether oxygens (including phenoxy) is 1. The molecule has 23 heavy (non-hydrogen) atoms. The third-order valence-electron chi connectivity index (χ3n) is 3.34. The van der Waals surface area contributed by atoms with E-state index in [1.807, 2.05) is 38.1 Å². The minimum Gasteiger partial charge on any atom is -0.491 e. The molecular formula is C18H21ClN2O2. The Balaban J connectivity index is 1.65. The van der Waals surface area contributed by atoms with E-state index in [9.17, 15) is 4.79 Å². The van der Waals surface area contributed by atoms with Gasteiger partial charge in [-0.1, -0.05) is 41.4 Å². The number of aryl methyl sites for hydroxylation is 2. The molecule has 0 aromatic heterocycles. The van der Waals surface area contributed by atoms with Crippen LogP contribution in [0.5, 0.6) is 5.75 Å². The van der Waals surface area contributed by atoms with Gasteiger partial charge in [-0.2, -0.15) is 0 Å². The number of benzene rings is 2. The Bertz CT molecular complexity index is 657. The zero-order chi connectivity index (χ0) is 16.7. The first-order valence-electron chi connectivity index (χ1n) is 7.51. The Morgan fingerprint density at radius 3 is 2.52 bits per heavy atom. The van der Waals surface area contributed by atoms with Gasteiger partial charge in [-0.3, -0.25) is 0 Å². The van der Waals surface area contributed by atoms with Crippen molar-refractivity contribution in [3.63, 3.8) is 0 Å². The molecule has 2 aromatic carbocycles. The molecule has 0 atom stereocenters.